The molecule has 2 N–H and O–H groups in total. The number of benzene rings is 2. The maximum Gasteiger partial charge on any atom is 0.256 e. The number of amides is 1. The number of aromatic amines is 1. The minimum absolute atomic E-state index is 0.0823. The zero-order chi connectivity index (χ0) is 18.8. The van der Waals surface area contributed by atoms with Gasteiger partial charge in [0.05, 0.1) is 12.3 Å². The molecule has 1 aliphatic rings. The molecule has 0 radical (unpaired) electrons. The Balaban J connectivity index is 1.52. The van der Waals surface area contributed by atoms with Crippen LogP contribution in [0.3, 0.4) is 0 Å². The van der Waals surface area contributed by atoms with Crippen molar-refractivity contribution in [2.45, 2.75) is 20.0 Å². The first-order valence-corrected chi connectivity index (χ1v) is 8.61. The summed E-state index contributed by atoms with van der Waals surface area (Å²) in [7, 11) is 0. The molecule has 0 saturated heterocycles. The molecule has 0 bridgehead atoms. The van der Waals surface area contributed by atoms with Crippen molar-refractivity contribution in [3.8, 4) is 28.4 Å². The fourth-order valence-electron chi connectivity index (χ4n) is 2.81. The Morgan fingerprint density at radius 2 is 1.93 bits per heavy atom. The number of anilines is 1. The van der Waals surface area contributed by atoms with Gasteiger partial charge >= 0.3 is 0 Å². The summed E-state index contributed by atoms with van der Waals surface area (Å²) in [5, 5.41) is 9.75. The minimum atomic E-state index is -0.239. The van der Waals surface area contributed by atoms with E-state index in [-0.39, 0.29) is 18.8 Å². The number of hydrogen-bond acceptors (Lipinski definition) is 5. The van der Waals surface area contributed by atoms with E-state index in [1.165, 1.54) is 0 Å². The Hall–Kier alpha value is -3.48. The lowest BCUT2D eigenvalue weighted by Crippen LogP contribution is -2.13. The molecule has 1 aliphatic heterocycles. The highest BCUT2D eigenvalue weighted by atomic mass is 16.7. The van der Waals surface area contributed by atoms with E-state index in [1.54, 1.807) is 30.5 Å². The van der Waals surface area contributed by atoms with Gasteiger partial charge in [0, 0.05) is 11.1 Å². The zero-order valence-electron chi connectivity index (χ0n) is 15.0. The van der Waals surface area contributed by atoms with Crippen LogP contribution in [-0.2, 0) is 0 Å². The topological polar surface area (TPSA) is 85.5 Å². The van der Waals surface area contributed by atoms with Crippen molar-refractivity contribution in [2.75, 3.05) is 12.1 Å². The van der Waals surface area contributed by atoms with Crippen LogP contribution in [0.5, 0.6) is 17.2 Å². The Morgan fingerprint density at radius 1 is 1.15 bits per heavy atom. The van der Waals surface area contributed by atoms with Crippen molar-refractivity contribution < 1.29 is 19.0 Å². The van der Waals surface area contributed by atoms with Crippen LogP contribution in [0, 0.1) is 0 Å². The molecule has 0 aliphatic carbocycles. The third-order valence-corrected chi connectivity index (χ3v) is 4.05. The Morgan fingerprint density at radius 3 is 2.70 bits per heavy atom. The second kappa shape index (κ2) is 7.03. The van der Waals surface area contributed by atoms with Gasteiger partial charge in [0.1, 0.15) is 11.6 Å². The first kappa shape index (κ1) is 17.0. The molecule has 0 spiro atoms. The van der Waals surface area contributed by atoms with E-state index < -0.39 is 0 Å². The van der Waals surface area contributed by atoms with Gasteiger partial charge in [0.25, 0.3) is 5.91 Å². The Bertz CT molecular complexity index is 964. The van der Waals surface area contributed by atoms with Crippen LogP contribution in [0.2, 0.25) is 0 Å². The van der Waals surface area contributed by atoms with Crippen LogP contribution >= 0.6 is 0 Å². The first-order valence-electron chi connectivity index (χ1n) is 8.61. The molecule has 1 aromatic heterocycles. The standard InChI is InChI=1S/C20H19N3O4/c1-12(2)27-15-6-3-13(4-7-15)20(24)22-19-16(10-21-23-19)14-5-8-17-18(9-14)26-11-25-17/h3-10,12H,11H2,1-2H3,(H2,21,22,23,24). The summed E-state index contributed by atoms with van der Waals surface area (Å²) >= 11 is 0. The van der Waals surface area contributed by atoms with Crippen LogP contribution in [0.15, 0.2) is 48.7 Å². The SMILES string of the molecule is CC(C)Oc1ccc(C(=O)Nc2[nH]ncc2-c2ccc3c(c2)OCO3)cc1. The number of ether oxygens (including phenoxy) is 3. The smallest absolute Gasteiger partial charge is 0.256 e. The van der Waals surface area contributed by atoms with E-state index in [9.17, 15) is 4.79 Å². The number of aromatic nitrogens is 2. The van der Waals surface area contributed by atoms with Gasteiger partial charge in [-0.15, -0.1) is 0 Å². The van der Waals surface area contributed by atoms with Crippen molar-refractivity contribution in [1.82, 2.24) is 10.2 Å². The molecule has 7 heteroatoms. The van der Waals surface area contributed by atoms with E-state index >= 15 is 0 Å². The number of carbonyl (C=O) groups is 1. The second-order valence-corrected chi connectivity index (χ2v) is 6.37. The zero-order valence-corrected chi connectivity index (χ0v) is 15.0. The lowest BCUT2D eigenvalue weighted by atomic mass is 10.1. The van der Waals surface area contributed by atoms with Gasteiger partial charge in [-0.05, 0) is 55.8 Å². The molecule has 3 aromatic rings. The molecule has 27 heavy (non-hydrogen) atoms. The Labute approximate surface area is 156 Å². The average molecular weight is 365 g/mol. The fraction of sp³-hybridized carbons (Fsp3) is 0.200. The molecule has 0 fully saturated rings. The van der Waals surface area contributed by atoms with Crippen LogP contribution in [0.4, 0.5) is 5.82 Å². The molecule has 0 unspecified atom stereocenters. The number of hydrogen-bond donors (Lipinski definition) is 2. The number of nitrogens with one attached hydrogen (secondary N) is 2. The van der Waals surface area contributed by atoms with Crippen molar-refractivity contribution in [3.63, 3.8) is 0 Å². The van der Waals surface area contributed by atoms with Crippen molar-refractivity contribution in [3.05, 3.63) is 54.2 Å². The van der Waals surface area contributed by atoms with E-state index in [2.05, 4.69) is 15.5 Å². The highest BCUT2D eigenvalue weighted by Crippen LogP contribution is 2.37. The molecule has 0 atom stereocenters. The molecular weight excluding hydrogens is 346 g/mol. The molecule has 2 aromatic carbocycles. The first-order chi connectivity index (χ1) is 13.1. The molecule has 138 valence electrons. The number of fused-ring (bicyclic) bond motifs is 1. The van der Waals surface area contributed by atoms with E-state index in [0.717, 1.165) is 16.9 Å². The van der Waals surface area contributed by atoms with Crippen LogP contribution in [0.1, 0.15) is 24.2 Å². The van der Waals surface area contributed by atoms with Crippen LogP contribution in [-0.4, -0.2) is 29.0 Å². The van der Waals surface area contributed by atoms with Gasteiger partial charge in [-0.25, -0.2) is 0 Å². The number of carbonyl (C=O) groups excluding carboxylic acids is 1. The molecule has 7 nitrogen and oxygen atoms in total. The molecule has 0 saturated carbocycles. The fourth-order valence-corrected chi connectivity index (χ4v) is 2.81. The summed E-state index contributed by atoms with van der Waals surface area (Å²) in [5.41, 5.74) is 2.16. The highest BCUT2D eigenvalue weighted by Gasteiger charge is 2.17. The quantitative estimate of drug-likeness (QED) is 0.717. The van der Waals surface area contributed by atoms with E-state index in [1.807, 2.05) is 32.0 Å². The Kier molecular flexibility index (Phi) is 4.42. The average Bonchev–Trinajstić information content (AvgIpc) is 3.30. The third-order valence-electron chi connectivity index (χ3n) is 4.05. The van der Waals surface area contributed by atoms with Crippen LogP contribution < -0.4 is 19.5 Å². The maximum absolute atomic E-state index is 12.6. The minimum Gasteiger partial charge on any atom is -0.491 e. The van der Waals surface area contributed by atoms with E-state index in [0.29, 0.717) is 22.9 Å². The van der Waals surface area contributed by atoms with E-state index in [4.69, 9.17) is 14.2 Å². The second-order valence-electron chi connectivity index (χ2n) is 6.37. The molecule has 2 heterocycles. The van der Waals surface area contributed by atoms with Crippen molar-refractivity contribution in [1.29, 1.82) is 0 Å². The summed E-state index contributed by atoms with van der Waals surface area (Å²) in [5.74, 6) is 2.38. The monoisotopic (exact) mass is 365 g/mol. The summed E-state index contributed by atoms with van der Waals surface area (Å²) in [4.78, 5) is 12.6. The van der Waals surface area contributed by atoms with Gasteiger partial charge in [-0.2, -0.15) is 5.10 Å². The predicted octanol–water partition coefficient (Wildman–Crippen LogP) is 3.84. The summed E-state index contributed by atoms with van der Waals surface area (Å²) in [6.45, 7) is 4.12. The van der Waals surface area contributed by atoms with Gasteiger partial charge in [-0.1, -0.05) is 6.07 Å². The van der Waals surface area contributed by atoms with Crippen molar-refractivity contribution >= 4 is 11.7 Å². The molecule has 1 amide bonds. The summed E-state index contributed by atoms with van der Waals surface area (Å²) in [6, 6.07) is 12.6. The molecule has 4 rings (SSSR count). The van der Waals surface area contributed by atoms with Gasteiger partial charge in [-0.3, -0.25) is 9.89 Å². The predicted molar refractivity (Wildman–Crippen MR) is 100 cm³/mol. The lowest BCUT2D eigenvalue weighted by molar-refractivity contribution is 0.102. The highest BCUT2D eigenvalue weighted by molar-refractivity contribution is 6.05. The lowest BCUT2D eigenvalue weighted by Gasteiger charge is -2.10. The van der Waals surface area contributed by atoms with Gasteiger partial charge in [0.15, 0.2) is 11.5 Å². The largest absolute Gasteiger partial charge is 0.491 e. The van der Waals surface area contributed by atoms with Gasteiger partial charge < -0.3 is 19.5 Å². The number of rotatable bonds is 5. The summed E-state index contributed by atoms with van der Waals surface area (Å²) < 4.78 is 16.3. The maximum atomic E-state index is 12.6. The molecular formula is C20H19N3O4. The summed E-state index contributed by atoms with van der Waals surface area (Å²) in [6.07, 6.45) is 1.74. The third kappa shape index (κ3) is 3.57. The van der Waals surface area contributed by atoms with Gasteiger partial charge in [0.2, 0.25) is 6.79 Å². The number of H-pyrrole nitrogens is 1. The number of nitrogens with zero attached hydrogens (tertiary/aromatic N) is 1. The van der Waals surface area contributed by atoms with Crippen molar-refractivity contribution in [2.24, 2.45) is 0 Å². The van der Waals surface area contributed by atoms with Crippen LogP contribution in [0.25, 0.3) is 11.1 Å². The normalized spacial score (nSPS) is 12.3.